The number of carbonyl (C=O) groups is 1. The van der Waals surface area contributed by atoms with E-state index in [9.17, 15) is 4.79 Å². The second kappa shape index (κ2) is 9.29. The Morgan fingerprint density at radius 3 is 2.60 bits per heavy atom. The van der Waals surface area contributed by atoms with E-state index >= 15 is 0 Å². The Bertz CT molecular complexity index is 766. The molecule has 6 nitrogen and oxygen atoms in total. The average Bonchev–Trinajstić information content (AvgIpc) is 2.60. The summed E-state index contributed by atoms with van der Waals surface area (Å²) < 4.78 is 11.2. The number of halogens is 2. The van der Waals surface area contributed by atoms with Crippen LogP contribution >= 0.6 is 27.5 Å². The molecule has 25 heavy (non-hydrogen) atoms. The number of hydrogen-bond acceptors (Lipinski definition) is 5. The van der Waals surface area contributed by atoms with Gasteiger partial charge in [0, 0.05) is 16.3 Å². The Balaban J connectivity index is 1.89. The molecule has 0 aromatic heterocycles. The molecule has 0 radical (unpaired) electrons. The Morgan fingerprint density at radius 1 is 1.24 bits per heavy atom. The Labute approximate surface area is 158 Å². The molecule has 0 atom stereocenters. The minimum atomic E-state index is -0.326. The summed E-state index contributed by atoms with van der Waals surface area (Å²) in [5, 5.41) is 7.05. The predicted molar refractivity (Wildman–Crippen MR) is 101 cm³/mol. The molecular weight excluding hydrogens is 412 g/mol. The summed E-state index contributed by atoms with van der Waals surface area (Å²) in [6, 6.07) is 10.3. The van der Waals surface area contributed by atoms with Crippen molar-refractivity contribution in [1.29, 1.82) is 0 Å². The summed E-state index contributed by atoms with van der Waals surface area (Å²) in [5.41, 5.74) is 1.36. The summed E-state index contributed by atoms with van der Waals surface area (Å²) in [5.74, 6) is 0.815. The first kappa shape index (κ1) is 19.1. The summed E-state index contributed by atoms with van der Waals surface area (Å²) in [6.45, 7) is -0.215. The van der Waals surface area contributed by atoms with Crippen LogP contribution < -0.4 is 14.8 Å². The van der Waals surface area contributed by atoms with Gasteiger partial charge in [0.2, 0.25) is 0 Å². The van der Waals surface area contributed by atoms with Gasteiger partial charge in [-0.25, -0.2) is 0 Å². The van der Waals surface area contributed by atoms with Gasteiger partial charge in [-0.3, -0.25) is 4.79 Å². The maximum Gasteiger partial charge on any atom is 0.265 e. The third-order valence-corrected chi connectivity index (χ3v) is 3.90. The fourth-order valence-electron chi connectivity index (χ4n) is 1.94. The highest BCUT2D eigenvalue weighted by Gasteiger charge is 2.09. The number of hydrogen-bond donors (Lipinski definition) is 1. The normalized spacial score (nSPS) is 10.6. The number of anilines is 1. The van der Waals surface area contributed by atoms with Gasteiger partial charge in [-0.15, -0.1) is 0 Å². The van der Waals surface area contributed by atoms with E-state index in [1.807, 2.05) is 0 Å². The first-order valence-electron chi connectivity index (χ1n) is 7.15. The standard InChI is InChI=1S/C17H16BrClN2O4/c1-23-15-8-11(7-14(18)17(15)24-2)9-20-25-10-16(22)21-13-5-3-12(19)4-6-13/h3-9H,10H2,1-2H3,(H,21,22)/b20-9+. The molecule has 0 heterocycles. The lowest BCUT2D eigenvalue weighted by Crippen LogP contribution is -2.16. The third kappa shape index (κ3) is 5.65. The topological polar surface area (TPSA) is 69.2 Å². The van der Waals surface area contributed by atoms with Gasteiger partial charge in [0.25, 0.3) is 5.91 Å². The van der Waals surface area contributed by atoms with Gasteiger partial charge >= 0.3 is 0 Å². The first-order chi connectivity index (χ1) is 12.0. The van der Waals surface area contributed by atoms with E-state index in [4.69, 9.17) is 25.9 Å². The zero-order valence-electron chi connectivity index (χ0n) is 13.6. The number of oxime groups is 1. The molecule has 132 valence electrons. The van der Waals surface area contributed by atoms with Gasteiger partial charge in [0.1, 0.15) is 0 Å². The van der Waals surface area contributed by atoms with E-state index in [1.165, 1.54) is 6.21 Å². The molecule has 0 aliphatic rings. The molecule has 8 heteroatoms. The minimum Gasteiger partial charge on any atom is -0.493 e. The van der Waals surface area contributed by atoms with Crippen LogP contribution in [-0.2, 0) is 9.63 Å². The molecule has 0 unspecified atom stereocenters. The van der Waals surface area contributed by atoms with Crippen LogP contribution in [0.15, 0.2) is 46.0 Å². The molecule has 0 saturated carbocycles. The zero-order valence-corrected chi connectivity index (χ0v) is 15.9. The van der Waals surface area contributed by atoms with E-state index in [1.54, 1.807) is 50.6 Å². The molecule has 0 saturated heterocycles. The van der Waals surface area contributed by atoms with Crippen molar-refractivity contribution in [2.24, 2.45) is 5.16 Å². The number of nitrogens with zero attached hydrogens (tertiary/aromatic N) is 1. The lowest BCUT2D eigenvalue weighted by atomic mass is 10.2. The fraction of sp³-hybridized carbons (Fsp3) is 0.176. The monoisotopic (exact) mass is 426 g/mol. The summed E-state index contributed by atoms with van der Waals surface area (Å²) >= 11 is 9.18. The zero-order chi connectivity index (χ0) is 18.2. The highest BCUT2D eigenvalue weighted by molar-refractivity contribution is 9.10. The number of nitrogens with one attached hydrogen (secondary N) is 1. The Kier molecular flexibility index (Phi) is 7.09. The molecule has 0 aliphatic heterocycles. The lowest BCUT2D eigenvalue weighted by molar-refractivity contribution is -0.120. The lowest BCUT2D eigenvalue weighted by Gasteiger charge is -2.10. The van der Waals surface area contributed by atoms with Gasteiger partial charge in [-0.2, -0.15) is 0 Å². The fourth-order valence-corrected chi connectivity index (χ4v) is 2.68. The van der Waals surface area contributed by atoms with Crippen molar-refractivity contribution in [3.8, 4) is 11.5 Å². The van der Waals surface area contributed by atoms with Crippen LogP contribution in [0.4, 0.5) is 5.69 Å². The van der Waals surface area contributed by atoms with Crippen molar-refractivity contribution in [2.75, 3.05) is 26.1 Å². The second-order valence-corrected chi connectivity index (χ2v) is 6.09. The maximum absolute atomic E-state index is 11.8. The number of carbonyl (C=O) groups excluding carboxylic acids is 1. The van der Waals surface area contributed by atoms with Crippen LogP contribution in [0.5, 0.6) is 11.5 Å². The van der Waals surface area contributed by atoms with Crippen LogP contribution in [0.3, 0.4) is 0 Å². The highest BCUT2D eigenvalue weighted by atomic mass is 79.9. The van der Waals surface area contributed by atoms with Crippen molar-refractivity contribution in [3.05, 3.63) is 51.5 Å². The van der Waals surface area contributed by atoms with E-state index in [2.05, 4.69) is 26.4 Å². The number of rotatable bonds is 7. The molecule has 0 aliphatic carbocycles. The van der Waals surface area contributed by atoms with Crippen LogP contribution in [0.25, 0.3) is 0 Å². The van der Waals surface area contributed by atoms with Crippen molar-refractivity contribution < 1.29 is 19.1 Å². The Hall–Kier alpha value is -2.25. The maximum atomic E-state index is 11.8. The van der Waals surface area contributed by atoms with Crippen LogP contribution in [0.2, 0.25) is 5.02 Å². The van der Waals surface area contributed by atoms with Gasteiger partial charge in [-0.05, 0) is 52.3 Å². The smallest absolute Gasteiger partial charge is 0.265 e. The van der Waals surface area contributed by atoms with Crippen LogP contribution in [-0.4, -0.2) is 32.9 Å². The number of amides is 1. The molecule has 0 spiro atoms. The average molecular weight is 428 g/mol. The number of methoxy groups -OCH3 is 2. The second-order valence-electron chi connectivity index (χ2n) is 4.80. The summed E-state index contributed by atoms with van der Waals surface area (Å²) in [4.78, 5) is 16.8. The van der Waals surface area contributed by atoms with Gasteiger partial charge < -0.3 is 19.6 Å². The van der Waals surface area contributed by atoms with Gasteiger partial charge in [0.15, 0.2) is 18.1 Å². The third-order valence-electron chi connectivity index (χ3n) is 3.06. The molecule has 1 N–H and O–H groups in total. The number of ether oxygens (including phenoxy) is 2. The van der Waals surface area contributed by atoms with Crippen molar-refractivity contribution >= 4 is 45.3 Å². The van der Waals surface area contributed by atoms with E-state index in [-0.39, 0.29) is 12.5 Å². The van der Waals surface area contributed by atoms with Crippen LogP contribution in [0, 0.1) is 0 Å². The molecule has 2 aromatic rings. The van der Waals surface area contributed by atoms with E-state index in [0.29, 0.717) is 22.2 Å². The van der Waals surface area contributed by atoms with Gasteiger partial charge in [0.05, 0.1) is 24.9 Å². The quantitative estimate of drug-likeness (QED) is 0.533. The number of benzene rings is 2. The summed E-state index contributed by atoms with van der Waals surface area (Å²) in [6.07, 6.45) is 1.47. The molecule has 1 amide bonds. The van der Waals surface area contributed by atoms with Crippen molar-refractivity contribution in [2.45, 2.75) is 0 Å². The first-order valence-corrected chi connectivity index (χ1v) is 8.33. The van der Waals surface area contributed by atoms with Crippen molar-refractivity contribution in [3.63, 3.8) is 0 Å². The van der Waals surface area contributed by atoms with E-state index in [0.717, 1.165) is 10.0 Å². The molecule has 0 bridgehead atoms. The van der Waals surface area contributed by atoms with E-state index < -0.39 is 0 Å². The summed E-state index contributed by atoms with van der Waals surface area (Å²) in [7, 11) is 3.10. The molecular formula is C17H16BrClN2O4. The highest BCUT2D eigenvalue weighted by Crippen LogP contribution is 2.35. The predicted octanol–water partition coefficient (Wildman–Crippen LogP) is 4.11. The Morgan fingerprint density at radius 2 is 1.96 bits per heavy atom. The van der Waals surface area contributed by atoms with Crippen LogP contribution in [0.1, 0.15) is 5.56 Å². The van der Waals surface area contributed by atoms with Crippen molar-refractivity contribution in [1.82, 2.24) is 0 Å². The molecule has 2 rings (SSSR count). The molecule has 0 fully saturated rings. The SMILES string of the molecule is COc1cc(/C=N/OCC(=O)Nc2ccc(Cl)cc2)cc(Br)c1OC. The van der Waals surface area contributed by atoms with Gasteiger partial charge in [-0.1, -0.05) is 16.8 Å². The minimum absolute atomic E-state index is 0.215. The molecule has 2 aromatic carbocycles. The largest absolute Gasteiger partial charge is 0.493 e.